The third kappa shape index (κ3) is 4.41. The molecule has 0 unspecified atom stereocenters. The molecule has 0 aliphatic carbocycles. The molecule has 1 fully saturated rings. The van der Waals surface area contributed by atoms with Gasteiger partial charge >= 0.3 is 0 Å². The zero-order valence-corrected chi connectivity index (χ0v) is 13.7. The van der Waals surface area contributed by atoms with E-state index in [0.29, 0.717) is 32.6 Å². The molecule has 3 rings (SSSR count). The molecule has 0 saturated carbocycles. The number of rotatable bonds is 6. The molecule has 1 aliphatic rings. The lowest BCUT2D eigenvalue weighted by Gasteiger charge is -2.36. The highest BCUT2D eigenvalue weighted by atomic mass is 16.5. The van der Waals surface area contributed by atoms with E-state index in [9.17, 15) is 5.11 Å². The molecule has 0 amide bonds. The van der Waals surface area contributed by atoms with E-state index >= 15 is 0 Å². The van der Waals surface area contributed by atoms with Crippen molar-refractivity contribution in [2.45, 2.75) is 31.5 Å². The summed E-state index contributed by atoms with van der Waals surface area (Å²) in [4.78, 5) is 6.71. The summed E-state index contributed by atoms with van der Waals surface area (Å²) in [6.45, 7) is 3.44. The van der Waals surface area contributed by atoms with Crippen molar-refractivity contribution in [2.24, 2.45) is 7.05 Å². The van der Waals surface area contributed by atoms with Crippen LogP contribution in [0, 0.1) is 0 Å². The van der Waals surface area contributed by atoms with Crippen molar-refractivity contribution in [1.82, 2.24) is 14.5 Å². The number of ether oxygens (including phenoxy) is 1. The van der Waals surface area contributed by atoms with Crippen molar-refractivity contribution in [3.05, 3.63) is 54.1 Å². The maximum Gasteiger partial charge on any atom is 0.122 e. The minimum absolute atomic E-state index is 0.637. The Bertz CT molecular complexity index is 606. The zero-order chi connectivity index (χ0) is 16.1. The number of hydrogen-bond acceptors (Lipinski definition) is 4. The predicted molar refractivity (Wildman–Crippen MR) is 88.8 cm³/mol. The number of aromatic nitrogens is 2. The Kier molecular flexibility index (Phi) is 5.10. The monoisotopic (exact) mass is 315 g/mol. The summed E-state index contributed by atoms with van der Waals surface area (Å²) in [5.41, 5.74) is 0.579. The molecule has 0 atom stereocenters. The van der Waals surface area contributed by atoms with Crippen LogP contribution in [0.25, 0.3) is 0 Å². The van der Waals surface area contributed by atoms with Crippen molar-refractivity contribution in [3.63, 3.8) is 0 Å². The SMILES string of the molecule is Cn1ccnc1CN(Cc1ccccc1)CC1(O)CCOCC1. The van der Waals surface area contributed by atoms with Gasteiger partial charge < -0.3 is 14.4 Å². The third-order valence-electron chi connectivity index (χ3n) is 4.48. The van der Waals surface area contributed by atoms with E-state index in [1.807, 2.05) is 30.1 Å². The zero-order valence-electron chi connectivity index (χ0n) is 13.7. The maximum absolute atomic E-state index is 10.9. The van der Waals surface area contributed by atoms with Crippen LogP contribution >= 0.6 is 0 Å². The molecule has 2 aromatic rings. The van der Waals surface area contributed by atoms with Gasteiger partial charge in [0, 0.05) is 58.6 Å². The first-order valence-corrected chi connectivity index (χ1v) is 8.17. The molecule has 5 heteroatoms. The highest BCUT2D eigenvalue weighted by molar-refractivity contribution is 5.14. The first-order valence-electron chi connectivity index (χ1n) is 8.17. The Balaban J connectivity index is 1.73. The smallest absolute Gasteiger partial charge is 0.122 e. The minimum Gasteiger partial charge on any atom is -0.388 e. The van der Waals surface area contributed by atoms with E-state index in [4.69, 9.17) is 4.74 Å². The molecule has 1 aromatic carbocycles. The second kappa shape index (κ2) is 7.25. The van der Waals surface area contributed by atoms with E-state index in [1.54, 1.807) is 0 Å². The summed E-state index contributed by atoms with van der Waals surface area (Å²) in [5, 5.41) is 10.9. The normalized spacial score (nSPS) is 17.5. The molecular weight excluding hydrogens is 290 g/mol. The molecule has 5 nitrogen and oxygen atoms in total. The van der Waals surface area contributed by atoms with Crippen LogP contribution in [-0.4, -0.2) is 44.9 Å². The van der Waals surface area contributed by atoms with Crippen LogP contribution in [0.2, 0.25) is 0 Å². The van der Waals surface area contributed by atoms with Crippen LogP contribution in [0.15, 0.2) is 42.7 Å². The summed E-state index contributed by atoms with van der Waals surface area (Å²) in [5.74, 6) is 1.01. The minimum atomic E-state index is -0.668. The van der Waals surface area contributed by atoms with Crippen molar-refractivity contribution in [2.75, 3.05) is 19.8 Å². The van der Waals surface area contributed by atoms with Gasteiger partial charge in [0.25, 0.3) is 0 Å². The number of imidazole rings is 1. The summed E-state index contributed by atoms with van der Waals surface area (Å²) in [6, 6.07) is 10.4. The summed E-state index contributed by atoms with van der Waals surface area (Å²) >= 11 is 0. The van der Waals surface area contributed by atoms with Gasteiger partial charge in [0.15, 0.2) is 0 Å². The Morgan fingerprint density at radius 2 is 1.96 bits per heavy atom. The third-order valence-corrected chi connectivity index (χ3v) is 4.48. The molecule has 23 heavy (non-hydrogen) atoms. The highest BCUT2D eigenvalue weighted by Crippen LogP contribution is 2.23. The molecule has 1 saturated heterocycles. The number of aliphatic hydroxyl groups is 1. The largest absolute Gasteiger partial charge is 0.388 e. The average molecular weight is 315 g/mol. The lowest BCUT2D eigenvalue weighted by molar-refractivity contribution is -0.0824. The molecule has 2 heterocycles. The molecular formula is C18H25N3O2. The molecule has 1 N–H and O–H groups in total. The Hall–Kier alpha value is -1.69. The molecule has 0 radical (unpaired) electrons. The van der Waals surface area contributed by atoms with Gasteiger partial charge in [-0.15, -0.1) is 0 Å². The lowest BCUT2D eigenvalue weighted by atomic mass is 9.93. The van der Waals surface area contributed by atoms with Gasteiger partial charge in [0.1, 0.15) is 5.82 Å². The maximum atomic E-state index is 10.9. The van der Waals surface area contributed by atoms with Crippen molar-refractivity contribution < 1.29 is 9.84 Å². The van der Waals surface area contributed by atoms with E-state index in [1.165, 1.54) is 5.56 Å². The first-order chi connectivity index (χ1) is 11.1. The van der Waals surface area contributed by atoms with Crippen LogP contribution in [0.5, 0.6) is 0 Å². The second-order valence-corrected chi connectivity index (χ2v) is 6.42. The van der Waals surface area contributed by atoms with E-state index in [0.717, 1.165) is 18.9 Å². The Morgan fingerprint density at radius 1 is 1.22 bits per heavy atom. The van der Waals surface area contributed by atoms with E-state index in [-0.39, 0.29) is 0 Å². The summed E-state index contributed by atoms with van der Waals surface area (Å²) in [6.07, 6.45) is 5.16. The fourth-order valence-electron chi connectivity index (χ4n) is 3.08. The summed E-state index contributed by atoms with van der Waals surface area (Å²) in [7, 11) is 2.01. The van der Waals surface area contributed by atoms with E-state index < -0.39 is 5.60 Å². The quantitative estimate of drug-likeness (QED) is 0.885. The number of aryl methyl sites for hydroxylation is 1. The van der Waals surface area contributed by atoms with Crippen molar-refractivity contribution in [1.29, 1.82) is 0 Å². The van der Waals surface area contributed by atoms with Gasteiger partial charge in [0.05, 0.1) is 12.1 Å². The topological polar surface area (TPSA) is 50.5 Å². The molecule has 0 spiro atoms. The van der Waals surface area contributed by atoms with Crippen LogP contribution in [-0.2, 0) is 24.9 Å². The number of hydrogen-bond donors (Lipinski definition) is 1. The fraction of sp³-hybridized carbons (Fsp3) is 0.500. The lowest BCUT2D eigenvalue weighted by Crippen LogP contribution is -2.46. The highest BCUT2D eigenvalue weighted by Gasteiger charge is 2.32. The standard InChI is InChI=1S/C18H25N3O2/c1-20-10-9-19-17(20)14-21(13-16-5-3-2-4-6-16)15-18(22)7-11-23-12-8-18/h2-6,9-10,22H,7-8,11-15H2,1H3. The Labute approximate surface area is 137 Å². The van der Waals surface area contributed by atoms with Crippen molar-refractivity contribution >= 4 is 0 Å². The van der Waals surface area contributed by atoms with Crippen LogP contribution < -0.4 is 0 Å². The predicted octanol–water partition coefficient (Wildman–Crippen LogP) is 1.96. The molecule has 0 bridgehead atoms. The molecule has 1 aromatic heterocycles. The average Bonchev–Trinajstić information content (AvgIpc) is 2.94. The summed E-state index contributed by atoms with van der Waals surface area (Å²) < 4.78 is 7.43. The molecule has 1 aliphatic heterocycles. The first kappa shape index (κ1) is 16.2. The van der Waals surface area contributed by atoms with Crippen LogP contribution in [0.3, 0.4) is 0 Å². The van der Waals surface area contributed by atoms with E-state index in [2.05, 4.69) is 34.1 Å². The Morgan fingerprint density at radius 3 is 2.61 bits per heavy atom. The number of nitrogens with zero attached hydrogens (tertiary/aromatic N) is 3. The van der Waals surface area contributed by atoms with Gasteiger partial charge in [-0.05, 0) is 5.56 Å². The van der Waals surface area contributed by atoms with Gasteiger partial charge in [0.2, 0.25) is 0 Å². The van der Waals surface area contributed by atoms with Gasteiger partial charge in [-0.1, -0.05) is 30.3 Å². The van der Waals surface area contributed by atoms with Gasteiger partial charge in [-0.2, -0.15) is 0 Å². The van der Waals surface area contributed by atoms with Crippen molar-refractivity contribution in [3.8, 4) is 0 Å². The second-order valence-electron chi connectivity index (χ2n) is 6.42. The number of benzene rings is 1. The molecule has 124 valence electrons. The van der Waals surface area contributed by atoms with Crippen LogP contribution in [0.1, 0.15) is 24.2 Å². The van der Waals surface area contributed by atoms with Crippen LogP contribution in [0.4, 0.5) is 0 Å². The van der Waals surface area contributed by atoms with Gasteiger partial charge in [-0.25, -0.2) is 4.98 Å². The fourth-order valence-corrected chi connectivity index (χ4v) is 3.08. The van der Waals surface area contributed by atoms with Gasteiger partial charge in [-0.3, -0.25) is 4.90 Å².